The van der Waals surface area contributed by atoms with Gasteiger partial charge in [-0.05, 0) is 49.8 Å². The highest BCUT2D eigenvalue weighted by Gasteiger charge is 2.78. The molecule has 0 spiro atoms. The van der Waals surface area contributed by atoms with Gasteiger partial charge in [0.2, 0.25) is 5.60 Å². The lowest BCUT2D eigenvalue weighted by Crippen LogP contribution is -2.71. The zero-order valence-corrected chi connectivity index (χ0v) is 23.7. The van der Waals surface area contributed by atoms with Crippen LogP contribution in [0.2, 0.25) is 0 Å². The molecular formula is C32H36F2O7. The maximum atomic E-state index is 17.5. The number of rotatable bonds is 6. The molecule has 0 aromatic heterocycles. The van der Waals surface area contributed by atoms with Gasteiger partial charge in [-0.15, -0.1) is 0 Å². The Morgan fingerprint density at radius 1 is 1.10 bits per heavy atom. The van der Waals surface area contributed by atoms with Crippen LogP contribution in [-0.2, 0) is 23.9 Å². The lowest BCUT2D eigenvalue weighted by atomic mass is 9.44. The van der Waals surface area contributed by atoms with E-state index in [2.05, 4.69) is 0 Å². The van der Waals surface area contributed by atoms with E-state index in [1.54, 1.807) is 51.1 Å². The number of carbonyl (C=O) groups excluding carboxylic acids is 4. The first-order valence-corrected chi connectivity index (χ1v) is 14.2. The number of aliphatic hydroxyl groups excluding tert-OH is 1. The molecule has 0 radical (unpaired) electrons. The summed E-state index contributed by atoms with van der Waals surface area (Å²) in [6.07, 6.45) is -0.0995. The number of halogens is 2. The Bertz CT molecular complexity index is 1340. The summed E-state index contributed by atoms with van der Waals surface area (Å²) in [5, 5.41) is 11.6. The Hall–Kier alpha value is -3.20. The Labute approximate surface area is 238 Å². The number of fused-ring (bicyclic) bond motifs is 5. The highest BCUT2D eigenvalue weighted by Crippen LogP contribution is 2.71. The number of ketones is 2. The zero-order valence-electron chi connectivity index (χ0n) is 23.7. The minimum atomic E-state index is -2.35. The fourth-order valence-electron chi connectivity index (χ4n) is 8.42. The third kappa shape index (κ3) is 3.98. The Morgan fingerprint density at radius 2 is 1.78 bits per heavy atom. The zero-order chi connectivity index (χ0) is 30.0. The molecular weight excluding hydrogens is 534 g/mol. The lowest BCUT2D eigenvalue weighted by Gasteiger charge is -2.63. The second kappa shape index (κ2) is 9.96. The average Bonchev–Trinajstić information content (AvgIpc) is 3.16. The number of alkyl halides is 2. The summed E-state index contributed by atoms with van der Waals surface area (Å²) >= 11 is 0. The fraction of sp³-hybridized carbons (Fsp3) is 0.562. The maximum absolute atomic E-state index is 17.5. The standard InChI is InChI=1S/C32H36F2O7/c1-5-27(38)41-32(28(39)40-17-25(36)19-9-7-6-8-10-19)18(2)13-21-22-15-24(33)23-14-20(35)11-12-29(23,3)31(22,34)26(37)16-30(21,32)4/h6-12,14,18,21-22,24,26,37H,5,13,15-17H2,1-4H3/t18-,21+,22+,24+,26+,29+,30+,31+,32+/m1/s1. The minimum Gasteiger partial charge on any atom is -0.454 e. The van der Waals surface area contributed by atoms with Crippen LogP contribution in [0.4, 0.5) is 8.78 Å². The summed E-state index contributed by atoms with van der Waals surface area (Å²) in [5.74, 6) is -4.95. The van der Waals surface area contributed by atoms with Crippen molar-refractivity contribution in [2.45, 2.75) is 76.9 Å². The van der Waals surface area contributed by atoms with E-state index in [0.717, 1.165) is 6.08 Å². The highest BCUT2D eigenvalue weighted by atomic mass is 19.1. The molecule has 4 aliphatic rings. The largest absolute Gasteiger partial charge is 0.454 e. The summed E-state index contributed by atoms with van der Waals surface area (Å²) in [6, 6.07) is 8.28. The smallest absolute Gasteiger partial charge is 0.351 e. The Kier molecular flexibility index (Phi) is 7.12. The van der Waals surface area contributed by atoms with Crippen molar-refractivity contribution in [1.29, 1.82) is 0 Å². The van der Waals surface area contributed by atoms with Crippen LogP contribution in [0.15, 0.2) is 54.1 Å². The first kappa shape index (κ1) is 29.3. The first-order valence-electron chi connectivity index (χ1n) is 14.2. The van der Waals surface area contributed by atoms with E-state index >= 15 is 8.78 Å². The van der Waals surface area contributed by atoms with Crippen LogP contribution in [0, 0.1) is 28.6 Å². The average molecular weight is 571 g/mol. The summed E-state index contributed by atoms with van der Waals surface area (Å²) in [6.45, 7) is 5.83. The van der Waals surface area contributed by atoms with Crippen molar-refractivity contribution < 1.29 is 42.5 Å². The second-order valence-electron chi connectivity index (χ2n) is 12.4. The molecule has 41 heavy (non-hydrogen) atoms. The van der Waals surface area contributed by atoms with Gasteiger partial charge in [0.05, 0.1) is 6.10 Å². The van der Waals surface area contributed by atoms with Gasteiger partial charge in [-0.1, -0.05) is 57.2 Å². The summed E-state index contributed by atoms with van der Waals surface area (Å²) in [7, 11) is 0. The predicted octanol–water partition coefficient (Wildman–Crippen LogP) is 4.67. The molecule has 9 atom stereocenters. The van der Waals surface area contributed by atoms with E-state index in [-0.39, 0.29) is 31.3 Å². The normalized spacial score (nSPS) is 41.0. The number of hydrogen-bond acceptors (Lipinski definition) is 7. The molecule has 3 fully saturated rings. The highest BCUT2D eigenvalue weighted by molar-refractivity contribution is 6.01. The van der Waals surface area contributed by atoms with Crippen LogP contribution < -0.4 is 0 Å². The quantitative estimate of drug-likeness (QED) is 0.391. The minimum absolute atomic E-state index is 0.0000402. The molecule has 1 aromatic carbocycles. The van der Waals surface area contributed by atoms with Crippen molar-refractivity contribution >= 4 is 23.5 Å². The predicted molar refractivity (Wildman–Crippen MR) is 144 cm³/mol. The molecule has 9 heteroatoms. The molecule has 0 saturated heterocycles. The van der Waals surface area contributed by atoms with Crippen molar-refractivity contribution in [3.63, 3.8) is 0 Å². The Morgan fingerprint density at radius 3 is 2.44 bits per heavy atom. The van der Waals surface area contributed by atoms with E-state index in [4.69, 9.17) is 9.47 Å². The molecule has 4 aliphatic carbocycles. The number of Topliss-reactive ketones (excluding diaryl/α,β-unsaturated/α-hetero) is 1. The van der Waals surface area contributed by atoms with Crippen molar-refractivity contribution in [2.24, 2.45) is 28.6 Å². The molecule has 0 amide bonds. The third-order valence-electron chi connectivity index (χ3n) is 10.5. The number of ether oxygens (including phenoxy) is 2. The third-order valence-corrected chi connectivity index (χ3v) is 10.5. The monoisotopic (exact) mass is 570 g/mol. The number of carbonyl (C=O) groups is 4. The van der Waals surface area contributed by atoms with E-state index in [1.807, 2.05) is 0 Å². The first-order chi connectivity index (χ1) is 19.3. The Balaban J connectivity index is 1.55. The van der Waals surface area contributed by atoms with Crippen LogP contribution in [0.25, 0.3) is 0 Å². The van der Waals surface area contributed by atoms with Gasteiger partial charge in [0, 0.05) is 34.7 Å². The van der Waals surface area contributed by atoms with Gasteiger partial charge in [0.15, 0.2) is 23.8 Å². The van der Waals surface area contributed by atoms with Gasteiger partial charge in [0.25, 0.3) is 0 Å². The maximum Gasteiger partial charge on any atom is 0.351 e. The lowest BCUT2D eigenvalue weighted by molar-refractivity contribution is -0.238. The number of aliphatic hydroxyl groups is 1. The van der Waals surface area contributed by atoms with Gasteiger partial charge in [0.1, 0.15) is 6.17 Å². The van der Waals surface area contributed by atoms with Crippen molar-refractivity contribution in [3.05, 3.63) is 59.7 Å². The van der Waals surface area contributed by atoms with Crippen LogP contribution in [0.3, 0.4) is 0 Å². The summed E-state index contributed by atoms with van der Waals surface area (Å²) in [5.41, 5.74) is -6.87. The van der Waals surface area contributed by atoms with Crippen LogP contribution in [0.5, 0.6) is 0 Å². The molecule has 1 aromatic rings. The molecule has 5 rings (SSSR count). The number of allylic oxidation sites excluding steroid dienone is 4. The SMILES string of the molecule is CCC(=O)O[C@]1(C(=O)OCC(=O)c2ccccc2)[C@H](C)C[C@H]2[C@@H]3C[C@H](F)C4=CC(=O)C=C[C@]4(C)[C@@]3(F)[C@@H](O)C[C@@]21C. The molecule has 0 bridgehead atoms. The molecule has 3 saturated carbocycles. The number of esters is 2. The van der Waals surface area contributed by atoms with Crippen LogP contribution >= 0.6 is 0 Å². The van der Waals surface area contributed by atoms with E-state index in [1.165, 1.54) is 19.1 Å². The topological polar surface area (TPSA) is 107 Å². The van der Waals surface area contributed by atoms with Crippen LogP contribution in [0.1, 0.15) is 63.7 Å². The summed E-state index contributed by atoms with van der Waals surface area (Å²) < 4.78 is 44.7. The van der Waals surface area contributed by atoms with E-state index < -0.39 is 82.2 Å². The van der Waals surface area contributed by atoms with Gasteiger partial charge in [-0.3, -0.25) is 14.4 Å². The van der Waals surface area contributed by atoms with Crippen molar-refractivity contribution in [2.75, 3.05) is 6.61 Å². The van der Waals surface area contributed by atoms with Crippen molar-refractivity contribution in [1.82, 2.24) is 0 Å². The van der Waals surface area contributed by atoms with Gasteiger partial charge >= 0.3 is 11.9 Å². The molecule has 220 valence electrons. The molecule has 0 aliphatic heterocycles. The van der Waals surface area contributed by atoms with E-state index in [0.29, 0.717) is 5.56 Å². The molecule has 0 heterocycles. The van der Waals surface area contributed by atoms with E-state index in [9.17, 15) is 24.3 Å². The molecule has 0 unspecified atom stereocenters. The number of hydrogen-bond donors (Lipinski definition) is 1. The second-order valence-corrected chi connectivity index (χ2v) is 12.4. The van der Waals surface area contributed by atoms with Gasteiger partial charge in [-0.25, -0.2) is 13.6 Å². The fourth-order valence-corrected chi connectivity index (χ4v) is 8.42. The van der Waals surface area contributed by atoms with Gasteiger partial charge in [-0.2, -0.15) is 0 Å². The van der Waals surface area contributed by atoms with Crippen LogP contribution in [-0.4, -0.2) is 58.8 Å². The molecule has 7 nitrogen and oxygen atoms in total. The molecule has 1 N–H and O–H groups in total. The van der Waals surface area contributed by atoms with Gasteiger partial charge < -0.3 is 14.6 Å². The summed E-state index contributed by atoms with van der Waals surface area (Å²) in [4.78, 5) is 51.6. The number of benzene rings is 1. The van der Waals surface area contributed by atoms with Crippen molar-refractivity contribution in [3.8, 4) is 0 Å².